The van der Waals surface area contributed by atoms with Gasteiger partial charge in [-0.2, -0.15) is 0 Å². The normalized spacial score (nSPS) is 12.0. The molecule has 0 N–H and O–H groups in total. The molecule has 0 spiro atoms. The molecule has 0 fully saturated rings. The minimum absolute atomic E-state index is 0.688. The predicted molar refractivity (Wildman–Crippen MR) is 148 cm³/mol. The fourth-order valence-corrected chi connectivity index (χ4v) is 7.37. The summed E-state index contributed by atoms with van der Waals surface area (Å²) in [7, 11) is 0. The van der Waals surface area contributed by atoms with E-state index in [0.717, 1.165) is 44.9 Å². The standard InChI is InChI=1S/C18H37O.3C4H9O.Ti/c1-2-3-4-5-6-7-8-9-10-11-12-13-14-15-16-17-18-19;3*1-2-3-4-5;/h2-18H2,1H3;3*2-4H2,1H3;/q4*-1;+4. The van der Waals surface area contributed by atoms with E-state index in [1.54, 1.807) is 0 Å². The van der Waals surface area contributed by atoms with Crippen molar-refractivity contribution in [2.75, 3.05) is 26.4 Å². The van der Waals surface area contributed by atoms with Crippen molar-refractivity contribution >= 4 is 0 Å². The third-order valence-corrected chi connectivity index (χ3v) is 10.1. The molecule has 5 heteroatoms. The second-order valence-corrected chi connectivity index (χ2v) is 13.6. The molecule has 0 aliphatic carbocycles. The number of hydrogen-bond acceptors (Lipinski definition) is 4. The van der Waals surface area contributed by atoms with Crippen LogP contribution in [-0.4, -0.2) is 26.4 Å². The van der Waals surface area contributed by atoms with Gasteiger partial charge in [0.15, 0.2) is 0 Å². The Morgan fingerprint density at radius 2 is 0.514 bits per heavy atom. The van der Waals surface area contributed by atoms with E-state index in [0.29, 0.717) is 26.4 Å². The third kappa shape index (κ3) is 24.6. The van der Waals surface area contributed by atoms with Gasteiger partial charge in [-0.1, -0.05) is 45.4 Å². The second-order valence-electron chi connectivity index (χ2n) is 10.3. The molecule has 0 unspecified atom stereocenters. The van der Waals surface area contributed by atoms with Crippen molar-refractivity contribution in [3.63, 3.8) is 0 Å². The number of rotatable bonds is 30. The molecule has 0 radical (unpaired) electrons. The molecule has 0 rings (SSSR count). The first-order valence-corrected chi connectivity index (χ1v) is 18.3. The van der Waals surface area contributed by atoms with E-state index in [2.05, 4.69) is 27.7 Å². The predicted octanol–water partition coefficient (Wildman–Crippen LogP) is 10.5. The van der Waals surface area contributed by atoms with E-state index in [1.165, 1.54) is 96.3 Å². The summed E-state index contributed by atoms with van der Waals surface area (Å²) < 4.78 is 24.9. The van der Waals surface area contributed by atoms with Crippen LogP contribution in [0.25, 0.3) is 0 Å². The van der Waals surface area contributed by atoms with Gasteiger partial charge in [0.1, 0.15) is 0 Å². The van der Waals surface area contributed by atoms with E-state index in [1.807, 2.05) is 0 Å². The molecule has 0 amide bonds. The zero-order chi connectivity index (χ0) is 25.7. The Morgan fingerprint density at radius 3 is 0.800 bits per heavy atom. The molecule has 0 aromatic heterocycles. The van der Waals surface area contributed by atoms with Crippen LogP contribution < -0.4 is 0 Å². The summed E-state index contributed by atoms with van der Waals surface area (Å²) in [6.07, 6.45) is 28.5. The first-order chi connectivity index (χ1) is 17.2. The molecule has 0 heterocycles. The van der Waals surface area contributed by atoms with Crippen molar-refractivity contribution in [3.05, 3.63) is 0 Å². The summed E-state index contributed by atoms with van der Waals surface area (Å²) in [5.74, 6) is 0. The first kappa shape index (κ1) is 35.6. The SMILES string of the molecule is CCCCCCCCCCCCCCCCCC[O][Ti]([O]CCCC)([O]CCCC)[O]CCCC. The molecular weight excluding hydrogens is 472 g/mol. The summed E-state index contributed by atoms with van der Waals surface area (Å²) in [4.78, 5) is 0. The van der Waals surface area contributed by atoms with Gasteiger partial charge in [0.05, 0.1) is 0 Å². The zero-order valence-corrected chi connectivity index (χ0v) is 26.1. The molecule has 0 bridgehead atoms. The quantitative estimate of drug-likeness (QED) is 0.0676. The van der Waals surface area contributed by atoms with Crippen LogP contribution in [0.1, 0.15) is 169 Å². The topological polar surface area (TPSA) is 36.9 Å². The monoisotopic (exact) mass is 536 g/mol. The van der Waals surface area contributed by atoms with Crippen LogP contribution in [0.5, 0.6) is 0 Å². The van der Waals surface area contributed by atoms with Gasteiger partial charge in [-0.05, 0) is 0 Å². The average molecular weight is 537 g/mol. The Kier molecular flexibility index (Phi) is 29.6. The first-order valence-electron chi connectivity index (χ1n) is 15.8. The van der Waals surface area contributed by atoms with Gasteiger partial charge < -0.3 is 0 Å². The van der Waals surface area contributed by atoms with Crippen LogP contribution in [0.2, 0.25) is 0 Å². The van der Waals surface area contributed by atoms with Crippen molar-refractivity contribution in [2.24, 2.45) is 0 Å². The van der Waals surface area contributed by atoms with E-state index >= 15 is 0 Å². The Morgan fingerprint density at radius 1 is 0.286 bits per heavy atom. The van der Waals surface area contributed by atoms with Crippen molar-refractivity contribution in [2.45, 2.75) is 169 Å². The Bertz CT molecular complexity index is 368. The maximum absolute atomic E-state index is 6.31. The maximum atomic E-state index is 6.31. The summed E-state index contributed by atoms with van der Waals surface area (Å²) in [5, 5.41) is 0. The molecule has 35 heavy (non-hydrogen) atoms. The third-order valence-electron chi connectivity index (χ3n) is 6.61. The Hall–Kier alpha value is 0.554. The van der Waals surface area contributed by atoms with Crippen molar-refractivity contribution in [1.82, 2.24) is 0 Å². The van der Waals surface area contributed by atoms with Gasteiger partial charge >= 0.3 is 181 Å². The van der Waals surface area contributed by atoms with Gasteiger partial charge in [-0.25, -0.2) is 0 Å². The number of unbranched alkanes of at least 4 members (excludes halogenated alkanes) is 18. The molecule has 4 nitrogen and oxygen atoms in total. The van der Waals surface area contributed by atoms with E-state index in [4.69, 9.17) is 13.3 Å². The van der Waals surface area contributed by atoms with Crippen LogP contribution in [0.15, 0.2) is 0 Å². The zero-order valence-electron chi connectivity index (χ0n) is 24.5. The molecule has 0 aliphatic rings. The Labute approximate surface area is 226 Å². The second kappa shape index (κ2) is 29.1. The molecule has 212 valence electrons. The van der Waals surface area contributed by atoms with Crippen LogP contribution in [0.3, 0.4) is 0 Å². The molecule has 0 aromatic carbocycles. The molecular formula is C30H64O4Ti. The van der Waals surface area contributed by atoms with Gasteiger partial charge in [0.25, 0.3) is 0 Å². The molecule has 0 aliphatic heterocycles. The summed E-state index contributed by atoms with van der Waals surface area (Å²) >= 11 is -3.61. The van der Waals surface area contributed by atoms with Crippen molar-refractivity contribution in [3.8, 4) is 0 Å². The molecule has 0 aromatic rings. The fourth-order valence-electron chi connectivity index (χ4n) is 4.12. The Balaban J connectivity index is 3.89. The molecule has 0 saturated carbocycles. The fraction of sp³-hybridized carbons (Fsp3) is 1.00. The van der Waals surface area contributed by atoms with E-state index < -0.39 is 18.1 Å². The van der Waals surface area contributed by atoms with Crippen LogP contribution in [0.4, 0.5) is 0 Å². The number of hydrogen-bond donors (Lipinski definition) is 0. The van der Waals surface area contributed by atoms with Crippen LogP contribution >= 0.6 is 0 Å². The molecule has 0 atom stereocenters. The van der Waals surface area contributed by atoms with Crippen molar-refractivity contribution < 1.29 is 31.4 Å². The minimum atomic E-state index is -3.61. The van der Waals surface area contributed by atoms with Gasteiger partial charge in [0, 0.05) is 0 Å². The average Bonchev–Trinajstić information content (AvgIpc) is 2.86. The van der Waals surface area contributed by atoms with Crippen LogP contribution in [0, 0.1) is 0 Å². The van der Waals surface area contributed by atoms with Gasteiger partial charge in [0.2, 0.25) is 0 Å². The van der Waals surface area contributed by atoms with Crippen LogP contribution in [-0.2, 0) is 31.4 Å². The van der Waals surface area contributed by atoms with Gasteiger partial charge in [-0.15, -0.1) is 0 Å². The summed E-state index contributed by atoms with van der Waals surface area (Å²) in [5.41, 5.74) is 0. The molecule has 0 saturated heterocycles. The van der Waals surface area contributed by atoms with Crippen molar-refractivity contribution in [1.29, 1.82) is 0 Å². The summed E-state index contributed by atoms with van der Waals surface area (Å²) in [6, 6.07) is 0. The van der Waals surface area contributed by atoms with E-state index in [-0.39, 0.29) is 0 Å². The summed E-state index contributed by atoms with van der Waals surface area (Å²) in [6.45, 7) is 11.6. The van der Waals surface area contributed by atoms with Gasteiger partial charge in [-0.3, -0.25) is 0 Å². The van der Waals surface area contributed by atoms with E-state index in [9.17, 15) is 0 Å².